The highest BCUT2D eigenvalue weighted by Gasteiger charge is 2.21. The van der Waals surface area contributed by atoms with Gasteiger partial charge in [-0.2, -0.15) is 0 Å². The maximum atomic E-state index is 12.7. The van der Waals surface area contributed by atoms with Crippen molar-refractivity contribution in [3.63, 3.8) is 0 Å². The first-order valence-electron chi connectivity index (χ1n) is 7.60. The van der Waals surface area contributed by atoms with Crippen LogP contribution in [0.3, 0.4) is 0 Å². The second-order valence-electron chi connectivity index (χ2n) is 5.78. The van der Waals surface area contributed by atoms with Crippen molar-refractivity contribution in [3.8, 4) is 0 Å². The number of nitrogens with one attached hydrogen (secondary N) is 1. The van der Waals surface area contributed by atoms with Gasteiger partial charge in [-0.25, -0.2) is 13.0 Å². The summed E-state index contributed by atoms with van der Waals surface area (Å²) in [4.78, 5) is 10.9. The minimum absolute atomic E-state index is 0.0689. The summed E-state index contributed by atoms with van der Waals surface area (Å²) in [5.74, 6) is -1.12. The Kier molecular flexibility index (Phi) is 4.62. The number of anilines is 1. The number of aliphatic carboxylic acids is 1. The zero-order chi connectivity index (χ0) is 18.9. The Bertz CT molecular complexity index is 1080. The van der Waals surface area contributed by atoms with Crippen LogP contribution in [0.1, 0.15) is 11.1 Å². The van der Waals surface area contributed by atoms with Gasteiger partial charge in [-0.3, -0.25) is 9.52 Å². The minimum Gasteiger partial charge on any atom is -0.480 e. The zero-order valence-corrected chi connectivity index (χ0v) is 14.5. The second kappa shape index (κ2) is 6.73. The van der Waals surface area contributed by atoms with E-state index in [1.54, 1.807) is 31.2 Å². The maximum absolute atomic E-state index is 12.7. The Labute approximate surface area is 148 Å². The van der Waals surface area contributed by atoms with Crippen LogP contribution in [0.15, 0.2) is 45.9 Å². The van der Waals surface area contributed by atoms with Crippen LogP contribution in [-0.4, -0.2) is 35.8 Å². The first kappa shape index (κ1) is 17.8. The molecule has 3 rings (SSSR count). The van der Waals surface area contributed by atoms with Gasteiger partial charge in [0.05, 0.1) is 0 Å². The summed E-state index contributed by atoms with van der Waals surface area (Å²) < 4.78 is 32.5. The summed E-state index contributed by atoms with van der Waals surface area (Å²) in [6.45, 7) is 1.80. The van der Waals surface area contributed by atoms with E-state index in [1.807, 2.05) is 0 Å². The third-order valence-electron chi connectivity index (χ3n) is 3.90. The van der Waals surface area contributed by atoms with Gasteiger partial charge in [0.25, 0.3) is 10.0 Å². The molecule has 26 heavy (non-hydrogen) atoms. The number of carboxylic acids is 1. The van der Waals surface area contributed by atoms with E-state index >= 15 is 0 Å². The van der Waals surface area contributed by atoms with Gasteiger partial charge in [0.15, 0.2) is 5.52 Å². The lowest BCUT2D eigenvalue weighted by Crippen LogP contribution is -2.32. The standard InChI is InChI=1S/C16H16N4O5S/c1-9-5-6-11(7-10(9)8-12(17)16(21)22)20-26(23,24)14-4-2-3-13-15(14)19-25-18-13/h2-7,12,20H,8,17H2,1H3,(H,21,22)/t12-/m0/s1. The molecular formula is C16H16N4O5S. The quantitative estimate of drug-likeness (QED) is 0.582. The average molecular weight is 376 g/mol. The second-order valence-corrected chi connectivity index (χ2v) is 7.43. The van der Waals surface area contributed by atoms with E-state index in [9.17, 15) is 13.2 Å². The van der Waals surface area contributed by atoms with Gasteiger partial charge in [-0.1, -0.05) is 12.1 Å². The van der Waals surface area contributed by atoms with E-state index in [2.05, 4.69) is 19.7 Å². The molecule has 1 heterocycles. The fraction of sp³-hybridized carbons (Fsp3) is 0.188. The largest absolute Gasteiger partial charge is 0.480 e. The van der Waals surface area contributed by atoms with Crippen molar-refractivity contribution >= 4 is 32.7 Å². The zero-order valence-electron chi connectivity index (χ0n) is 13.7. The molecule has 0 bridgehead atoms. The number of nitrogens with zero attached hydrogens (tertiary/aromatic N) is 2. The van der Waals surface area contributed by atoms with Gasteiger partial charge in [0, 0.05) is 5.69 Å². The molecule has 10 heteroatoms. The molecule has 1 aromatic heterocycles. The van der Waals surface area contributed by atoms with Crippen LogP contribution >= 0.6 is 0 Å². The number of fused-ring (bicyclic) bond motifs is 1. The van der Waals surface area contributed by atoms with Crippen molar-refractivity contribution in [2.75, 3.05) is 4.72 Å². The lowest BCUT2D eigenvalue weighted by Gasteiger charge is -2.13. The van der Waals surface area contributed by atoms with Crippen molar-refractivity contribution in [1.82, 2.24) is 10.3 Å². The fourth-order valence-electron chi connectivity index (χ4n) is 2.49. The highest BCUT2D eigenvalue weighted by molar-refractivity contribution is 7.93. The number of carbonyl (C=O) groups is 1. The summed E-state index contributed by atoms with van der Waals surface area (Å²) in [7, 11) is -3.94. The highest BCUT2D eigenvalue weighted by atomic mass is 32.2. The Morgan fingerprint density at radius 3 is 2.81 bits per heavy atom. The molecule has 0 aliphatic heterocycles. The van der Waals surface area contributed by atoms with Crippen molar-refractivity contribution < 1.29 is 22.9 Å². The molecule has 0 amide bonds. The smallest absolute Gasteiger partial charge is 0.320 e. The Morgan fingerprint density at radius 1 is 1.31 bits per heavy atom. The molecule has 0 aliphatic rings. The number of rotatable bonds is 6. The third-order valence-corrected chi connectivity index (χ3v) is 5.31. The van der Waals surface area contributed by atoms with Crippen LogP contribution in [0, 0.1) is 6.92 Å². The van der Waals surface area contributed by atoms with Crippen LogP contribution in [0.4, 0.5) is 5.69 Å². The molecule has 0 unspecified atom stereocenters. The number of carboxylic acid groups (broad SMARTS) is 1. The van der Waals surface area contributed by atoms with Gasteiger partial charge in [0.1, 0.15) is 16.5 Å². The van der Waals surface area contributed by atoms with Gasteiger partial charge in [0.2, 0.25) is 0 Å². The molecule has 3 aromatic rings. The monoisotopic (exact) mass is 376 g/mol. The molecular weight excluding hydrogens is 360 g/mol. The molecule has 4 N–H and O–H groups in total. The van der Waals surface area contributed by atoms with Gasteiger partial charge in [-0.15, -0.1) is 0 Å². The number of hydrogen-bond donors (Lipinski definition) is 3. The maximum Gasteiger partial charge on any atom is 0.320 e. The number of aryl methyl sites for hydroxylation is 1. The Morgan fingerprint density at radius 2 is 2.08 bits per heavy atom. The molecule has 2 aromatic carbocycles. The number of aromatic nitrogens is 2. The summed E-state index contributed by atoms with van der Waals surface area (Å²) in [5.41, 5.74) is 7.76. The first-order valence-corrected chi connectivity index (χ1v) is 9.08. The normalized spacial score (nSPS) is 12.8. The molecule has 0 spiro atoms. The third kappa shape index (κ3) is 3.51. The van der Waals surface area contributed by atoms with Crippen LogP contribution in [0.25, 0.3) is 11.0 Å². The van der Waals surface area contributed by atoms with E-state index in [-0.39, 0.29) is 22.5 Å². The summed E-state index contributed by atoms with van der Waals surface area (Å²) in [6, 6.07) is 8.29. The summed E-state index contributed by atoms with van der Waals surface area (Å²) >= 11 is 0. The summed E-state index contributed by atoms with van der Waals surface area (Å²) in [6.07, 6.45) is 0.0829. The number of nitrogens with two attached hydrogens (primary N) is 1. The van der Waals surface area contributed by atoms with Gasteiger partial charge < -0.3 is 10.8 Å². The fourth-order valence-corrected chi connectivity index (χ4v) is 3.69. The van der Waals surface area contributed by atoms with Gasteiger partial charge in [-0.05, 0) is 59.1 Å². The molecule has 0 fully saturated rings. The summed E-state index contributed by atoms with van der Waals surface area (Å²) in [5, 5.41) is 16.2. The molecule has 9 nitrogen and oxygen atoms in total. The number of benzene rings is 2. The topological polar surface area (TPSA) is 148 Å². The van der Waals surface area contributed by atoms with Crippen LogP contribution in [0.5, 0.6) is 0 Å². The lowest BCUT2D eigenvalue weighted by atomic mass is 10.0. The van der Waals surface area contributed by atoms with Crippen LogP contribution in [0.2, 0.25) is 0 Å². The predicted octanol–water partition coefficient (Wildman–Crippen LogP) is 1.29. The highest BCUT2D eigenvalue weighted by Crippen LogP contribution is 2.24. The molecule has 0 saturated carbocycles. The van der Waals surface area contributed by atoms with E-state index in [4.69, 9.17) is 10.8 Å². The number of sulfonamides is 1. The van der Waals surface area contributed by atoms with Crippen LogP contribution < -0.4 is 10.5 Å². The van der Waals surface area contributed by atoms with Crippen molar-refractivity contribution in [1.29, 1.82) is 0 Å². The van der Waals surface area contributed by atoms with E-state index in [0.717, 1.165) is 5.56 Å². The molecule has 0 radical (unpaired) electrons. The van der Waals surface area contributed by atoms with Crippen molar-refractivity contribution in [3.05, 3.63) is 47.5 Å². The number of hydrogen-bond acceptors (Lipinski definition) is 7. The predicted molar refractivity (Wildman–Crippen MR) is 93.1 cm³/mol. The Balaban J connectivity index is 1.93. The van der Waals surface area contributed by atoms with E-state index in [1.165, 1.54) is 12.1 Å². The van der Waals surface area contributed by atoms with Crippen molar-refractivity contribution in [2.24, 2.45) is 5.73 Å². The first-order chi connectivity index (χ1) is 12.3. The lowest BCUT2D eigenvalue weighted by molar-refractivity contribution is -0.138. The van der Waals surface area contributed by atoms with Crippen LogP contribution in [-0.2, 0) is 21.2 Å². The van der Waals surface area contributed by atoms with E-state index in [0.29, 0.717) is 11.1 Å². The average Bonchev–Trinajstić information content (AvgIpc) is 3.05. The van der Waals surface area contributed by atoms with E-state index < -0.39 is 22.0 Å². The molecule has 136 valence electrons. The minimum atomic E-state index is -3.94. The Hall–Kier alpha value is -2.98. The molecule has 0 saturated heterocycles. The van der Waals surface area contributed by atoms with Gasteiger partial charge >= 0.3 is 5.97 Å². The SMILES string of the molecule is Cc1ccc(NS(=O)(=O)c2cccc3nonc23)cc1C[C@H](N)C(=O)O. The molecule has 1 atom stereocenters. The molecule has 0 aliphatic carbocycles. The van der Waals surface area contributed by atoms with Crippen molar-refractivity contribution in [2.45, 2.75) is 24.3 Å².